The van der Waals surface area contributed by atoms with Gasteiger partial charge < -0.3 is 9.64 Å². The van der Waals surface area contributed by atoms with E-state index in [0.717, 1.165) is 11.1 Å². The number of carbonyl (C=O) groups excluding carboxylic acids is 1. The van der Waals surface area contributed by atoms with Gasteiger partial charge in [0.15, 0.2) is 0 Å². The second-order valence-electron chi connectivity index (χ2n) is 10.6. The minimum Gasteiger partial charge on any atom is -0.495 e. The highest BCUT2D eigenvalue weighted by Crippen LogP contribution is 2.30. The second-order valence-corrected chi connectivity index (χ2v) is 12.3. The first-order valence-electron chi connectivity index (χ1n) is 14.2. The Hall–Kier alpha value is -3.98. The smallest absolute Gasteiger partial charge is 0.244 e. The van der Waals surface area contributed by atoms with Crippen LogP contribution in [0.1, 0.15) is 28.3 Å². The number of benzene rings is 4. The molecule has 1 N–H and O–H groups in total. The fourth-order valence-electron chi connectivity index (χ4n) is 5.58. The number of ether oxygens (including phenoxy) is 1. The molecule has 0 aliphatic carbocycles. The average Bonchev–Trinajstić information content (AvgIpc) is 3.02. The van der Waals surface area contributed by atoms with Crippen molar-refractivity contribution < 1.29 is 17.9 Å². The first-order valence-corrected chi connectivity index (χ1v) is 15.7. The Morgan fingerprint density at radius 1 is 0.810 bits per heavy atom. The van der Waals surface area contributed by atoms with E-state index in [1.54, 1.807) is 23.1 Å². The minimum absolute atomic E-state index is 0.0224. The van der Waals surface area contributed by atoms with E-state index in [-0.39, 0.29) is 29.0 Å². The van der Waals surface area contributed by atoms with Gasteiger partial charge in [-0.2, -0.15) is 4.72 Å². The summed E-state index contributed by atoms with van der Waals surface area (Å²) < 4.78 is 35.4. The zero-order chi connectivity index (χ0) is 29.5. The van der Waals surface area contributed by atoms with Gasteiger partial charge in [0.05, 0.1) is 13.2 Å². The van der Waals surface area contributed by atoms with Gasteiger partial charge in [0.2, 0.25) is 15.9 Å². The van der Waals surface area contributed by atoms with E-state index in [9.17, 15) is 13.2 Å². The fourth-order valence-corrected chi connectivity index (χ4v) is 7.02. The van der Waals surface area contributed by atoms with Crippen molar-refractivity contribution in [2.45, 2.75) is 30.3 Å². The highest BCUT2D eigenvalue weighted by molar-refractivity contribution is 7.89. The maximum atomic E-state index is 14.0. The second kappa shape index (κ2) is 13.3. The molecule has 1 unspecified atom stereocenters. The number of nitrogens with one attached hydrogen (secondary N) is 1. The molecular formula is C34H37N3O4S. The van der Waals surface area contributed by atoms with Crippen LogP contribution in [-0.2, 0) is 21.2 Å². The summed E-state index contributed by atoms with van der Waals surface area (Å²) in [6, 6.07) is 34.4. The number of nitrogens with zero attached hydrogens (tertiary/aromatic N) is 2. The number of aryl methyl sites for hydroxylation is 1. The van der Waals surface area contributed by atoms with E-state index in [1.807, 2.05) is 49.4 Å². The molecule has 5 rings (SSSR count). The van der Waals surface area contributed by atoms with Gasteiger partial charge in [0, 0.05) is 26.2 Å². The Labute approximate surface area is 248 Å². The lowest BCUT2D eigenvalue weighted by Gasteiger charge is -2.40. The van der Waals surface area contributed by atoms with Crippen LogP contribution in [0.4, 0.5) is 0 Å². The Balaban J connectivity index is 1.37. The van der Waals surface area contributed by atoms with Gasteiger partial charge in [0.1, 0.15) is 16.7 Å². The molecule has 1 saturated heterocycles. The number of methoxy groups -OCH3 is 1. The number of amides is 1. The minimum atomic E-state index is -4.06. The molecule has 4 aromatic rings. The van der Waals surface area contributed by atoms with E-state index >= 15 is 0 Å². The molecule has 0 aromatic heterocycles. The van der Waals surface area contributed by atoms with E-state index < -0.39 is 16.1 Å². The molecule has 1 amide bonds. The fraction of sp³-hybridized carbons (Fsp3) is 0.265. The predicted molar refractivity (Wildman–Crippen MR) is 165 cm³/mol. The molecule has 1 heterocycles. The van der Waals surface area contributed by atoms with Crippen molar-refractivity contribution >= 4 is 15.9 Å². The SMILES string of the molecule is COc1ccc(C)cc1S(=O)(=O)NC(Cc1ccccc1)C(=O)N1CCN(C(c2ccccc2)c2ccccc2)CC1. The highest BCUT2D eigenvalue weighted by atomic mass is 32.2. The summed E-state index contributed by atoms with van der Waals surface area (Å²) in [5.74, 6) is 0.00478. The Kier molecular flexibility index (Phi) is 9.37. The van der Waals surface area contributed by atoms with Crippen molar-refractivity contribution in [2.24, 2.45) is 0 Å². The monoisotopic (exact) mass is 583 g/mol. The molecule has 0 radical (unpaired) electrons. The lowest BCUT2D eigenvalue weighted by Crippen LogP contribution is -2.56. The van der Waals surface area contributed by atoms with Crippen LogP contribution < -0.4 is 9.46 Å². The van der Waals surface area contributed by atoms with Gasteiger partial charge in [-0.05, 0) is 47.7 Å². The zero-order valence-corrected chi connectivity index (χ0v) is 24.8. The first kappa shape index (κ1) is 29.5. The maximum Gasteiger partial charge on any atom is 0.244 e. The molecule has 7 nitrogen and oxygen atoms in total. The Bertz CT molecular complexity index is 1530. The molecule has 4 aromatic carbocycles. The number of rotatable bonds is 10. The van der Waals surface area contributed by atoms with Crippen molar-refractivity contribution in [3.8, 4) is 5.75 Å². The third kappa shape index (κ3) is 6.90. The van der Waals surface area contributed by atoms with E-state index in [1.165, 1.54) is 18.2 Å². The number of carbonyl (C=O) groups is 1. The summed E-state index contributed by atoms with van der Waals surface area (Å²) in [5, 5.41) is 0. The van der Waals surface area contributed by atoms with E-state index in [0.29, 0.717) is 26.2 Å². The van der Waals surface area contributed by atoms with E-state index in [4.69, 9.17) is 4.74 Å². The van der Waals surface area contributed by atoms with Gasteiger partial charge in [-0.25, -0.2) is 8.42 Å². The zero-order valence-electron chi connectivity index (χ0n) is 24.0. The van der Waals surface area contributed by atoms with Crippen molar-refractivity contribution in [1.29, 1.82) is 0 Å². The molecule has 8 heteroatoms. The number of hydrogen-bond donors (Lipinski definition) is 1. The lowest BCUT2D eigenvalue weighted by molar-refractivity contribution is -0.135. The summed E-state index contributed by atoms with van der Waals surface area (Å²) in [5.41, 5.74) is 4.06. The summed E-state index contributed by atoms with van der Waals surface area (Å²) >= 11 is 0. The third-order valence-electron chi connectivity index (χ3n) is 7.71. The Morgan fingerprint density at radius 2 is 1.36 bits per heavy atom. The van der Waals surface area contributed by atoms with Crippen LogP contribution in [0.25, 0.3) is 0 Å². The van der Waals surface area contributed by atoms with Crippen LogP contribution in [0.5, 0.6) is 5.75 Å². The number of hydrogen-bond acceptors (Lipinski definition) is 5. The lowest BCUT2D eigenvalue weighted by atomic mass is 9.96. The Morgan fingerprint density at radius 3 is 1.90 bits per heavy atom. The molecule has 1 aliphatic heterocycles. The van der Waals surface area contributed by atoms with Gasteiger partial charge in [-0.3, -0.25) is 9.69 Å². The number of sulfonamides is 1. The molecule has 1 fully saturated rings. The first-order chi connectivity index (χ1) is 20.4. The molecule has 0 bridgehead atoms. The summed E-state index contributed by atoms with van der Waals surface area (Å²) in [6.45, 7) is 4.14. The van der Waals surface area contributed by atoms with Gasteiger partial charge in [0.25, 0.3) is 0 Å². The van der Waals surface area contributed by atoms with Crippen LogP contribution in [0, 0.1) is 6.92 Å². The molecule has 42 heavy (non-hydrogen) atoms. The predicted octanol–water partition coefficient (Wildman–Crippen LogP) is 4.83. The van der Waals surface area contributed by atoms with Crippen molar-refractivity contribution in [3.05, 3.63) is 131 Å². The average molecular weight is 584 g/mol. The van der Waals surface area contributed by atoms with Gasteiger partial charge in [-0.1, -0.05) is 97.1 Å². The molecule has 1 atom stereocenters. The van der Waals surface area contributed by atoms with Crippen LogP contribution in [0.3, 0.4) is 0 Å². The summed E-state index contributed by atoms with van der Waals surface area (Å²) in [6.07, 6.45) is 0.240. The molecule has 0 saturated carbocycles. The van der Waals surface area contributed by atoms with Gasteiger partial charge in [-0.15, -0.1) is 0 Å². The molecular weight excluding hydrogens is 546 g/mol. The largest absolute Gasteiger partial charge is 0.495 e. The number of piperazine rings is 1. The summed E-state index contributed by atoms with van der Waals surface area (Å²) in [7, 11) is -2.62. The van der Waals surface area contributed by atoms with Crippen molar-refractivity contribution in [1.82, 2.24) is 14.5 Å². The van der Waals surface area contributed by atoms with Crippen molar-refractivity contribution in [3.63, 3.8) is 0 Å². The topological polar surface area (TPSA) is 78.9 Å². The van der Waals surface area contributed by atoms with E-state index in [2.05, 4.69) is 58.2 Å². The maximum absolute atomic E-state index is 14.0. The molecule has 0 spiro atoms. The van der Waals surface area contributed by atoms with Crippen LogP contribution in [0.2, 0.25) is 0 Å². The van der Waals surface area contributed by atoms with Gasteiger partial charge >= 0.3 is 0 Å². The summed E-state index contributed by atoms with van der Waals surface area (Å²) in [4.78, 5) is 18.2. The standard InChI is InChI=1S/C34H37N3O4S/c1-26-18-19-31(41-2)32(24-26)42(39,40)35-30(25-27-12-6-3-7-13-27)34(38)37-22-20-36(21-23-37)33(28-14-8-4-9-15-28)29-16-10-5-11-17-29/h3-19,24,30,33,35H,20-23,25H2,1-2H3. The van der Waals surface area contributed by atoms with Crippen LogP contribution in [0.15, 0.2) is 114 Å². The normalized spacial score (nSPS) is 15.0. The molecule has 1 aliphatic rings. The van der Waals surface area contributed by atoms with Crippen molar-refractivity contribution in [2.75, 3.05) is 33.3 Å². The quantitative estimate of drug-likeness (QED) is 0.290. The highest BCUT2D eigenvalue weighted by Gasteiger charge is 2.34. The third-order valence-corrected chi connectivity index (χ3v) is 9.20. The van der Waals surface area contributed by atoms with Crippen LogP contribution >= 0.6 is 0 Å². The molecule has 218 valence electrons. The van der Waals surface area contributed by atoms with Crippen LogP contribution in [-0.4, -0.2) is 63.5 Å².